The smallest absolute Gasteiger partial charge is 0.125 e. The van der Waals surface area contributed by atoms with Crippen LogP contribution in [-0.4, -0.2) is 25.9 Å². The third-order valence-electron chi connectivity index (χ3n) is 2.74. The highest BCUT2D eigenvalue weighted by Gasteiger charge is 2.03. The second kappa shape index (κ2) is 7.30. The molecule has 1 aromatic carbocycles. The summed E-state index contributed by atoms with van der Waals surface area (Å²) in [6.07, 6.45) is 0.942. The van der Waals surface area contributed by atoms with Gasteiger partial charge in [0.1, 0.15) is 12.4 Å². The number of benzene rings is 1. The van der Waals surface area contributed by atoms with Gasteiger partial charge in [-0.05, 0) is 31.4 Å². The SMILES string of the molecule is CCC(N)COCCOc1c(C)cccc1C. The third kappa shape index (κ3) is 4.75. The number of nitrogens with two attached hydrogens (primary N) is 1. The summed E-state index contributed by atoms with van der Waals surface area (Å²) < 4.78 is 11.2. The minimum atomic E-state index is 0.134. The maximum absolute atomic E-state index is 5.75. The van der Waals surface area contributed by atoms with E-state index in [2.05, 4.69) is 32.9 Å². The highest BCUT2D eigenvalue weighted by atomic mass is 16.5. The number of para-hydroxylation sites is 1. The monoisotopic (exact) mass is 237 g/mol. The quantitative estimate of drug-likeness (QED) is 0.741. The van der Waals surface area contributed by atoms with Crippen molar-refractivity contribution in [1.82, 2.24) is 0 Å². The lowest BCUT2D eigenvalue weighted by molar-refractivity contribution is 0.0893. The van der Waals surface area contributed by atoms with Gasteiger partial charge in [-0.1, -0.05) is 25.1 Å². The summed E-state index contributed by atoms with van der Waals surface area (Å²) in [6, 6.07) is 6.27. The molecule has 0 aliphatic carbocycles. The average Bonchev–Trinajstić information content (AvgIpc) is 2.31. The predicted octanol–water partition coefficient (Wildman–Crippen LogP) is 2.44. The Labute approximate surface area is 104 Å². The molecule has 1 atom stereocenters. The largest absolute Gasteiger partial charge is 0.491 e. The first-order valence-corrected chi connectivity index (χ1v) is 6.17. The minimum absolute atomic E-state index is 0.134. The van der Waals surface area contributed by atoms with Crippen LogP contribution < -0.4 is 10.5 Å². The Hall–Kier alpha value is -1.06. The first kappa shape index (κ1) is 14.0. The Morgan fingerprint density at radius 2 is 1.82 bits per heavy atom. The molecular formula is C14H23NO2. The lowest BCUT2D eigenvalue weighted by Crippen LogP contribution is -2.26. The van der Waals surface area contributed by atoms with Crippen LogP contribution in [0.4, 0.5) is 0 Å². The number of rotatable bonds is 7. The van der Waals surface area contributed by atoms with Gasteiger partial charge in [0.2, 0.25) is 0 Å². The number of hydrogen-bond donors (Lipinski definition) is 1. The maximum atomic E-state index is 5.75. The first-order valence-electron chi connectivity index (χ1n) is 6.17. The molecule has 0 saturated carbocycles. The molecule has 0 aliphatic heterocycles. The van der Waals surface area contributed by atoms with Crippen molar-refractivity contribution >= 4 is 0 Å². The van der Waals surface area contributed by atoms with E-state index in [0.717, 1.165) is 23.3 Å². The molecule has 0 amide bonds. The standard InChI is InChI=1S/C14H23NO2/c1-4-13(15)10-16-8-9-17-14-11(2)6-5-7-12(14)3/h5-7,13H,4,8-10,15H2,1-3H3. The van der Waals surface area contributed by atoms with Crippen LogP contribution >= 0.6 is 0 Å². The number of hydrogen-bond acceptors (Lipinski definition) is 3. The van der Waals surface area contributed by atoms with Crippen LogP contribution in [0, 0.1) is 13.8 Å². The fourth-order valence-corrected chi connectivity index (χ4v) is 1.58. The van der Waals surface area contributed by atoms with E-state index in [4.69, 9.17) is 15.2 Å². The van der Waals surface area contributed by atoms with E-state index in [0.29, 0.717) is 19.8 Å². The lowest BCUT2D eigenvalue weighted by atomic mass is 10.1. The van der Waals surface area contributed by atoms with E-state index in [1.165, 1.54) is 0 Å². The molecule has 17 heavy (non-hydrogen) atoms. The molecule has 0 radical (unpaired) electrons. The van der Waals surface area contributed by atoms with Gasteiger partial charge in [0.25, 0.3) is 0 Å². The van der Waals surface area contributed by atoms with Crippen LogP contribution in [-0.2, 0) is 4.74 Å². The van der Waals surface area contributed by atoms with Crippen molar-refractivity contribution in [1.29, 1.82) is 0 Å². The van der Waals surface area contributed by atoms with Crippen molar-refractivity contribution in [2.24, 2.45) is 5.73 Å². The van der Waals surface area contributed by atoms with Gasteiger partial charge >= 0.3 is 0 Å². The third-order valence-corrected chi connectivity index (χ3v) is 2.74. The first-order chi connectivity index (χ1) is 8.15. The molecule has 0 aliphatic rings. The van der Waals surface area contributed by atoms with Crippen molar-refractivity contribution in [3.05, 3.63) is 29.3 Å². The van der Waals surface area contributed by atoms with Crippen LogP contribution in [0.15, 0.2) is 18.2 Å². The summed E-state index contributed by atoms with van der Waals surface area (Å²) in [5.41, 5.74) is 8.07. The second-order valence-corrected chi connectivity index (χ2v) is 4.31. The van der Waals surface area contributed by atoms with Crippen molar-refractivity contribution in [3.63, 3.8) is 0 Å². The minimum Gasteiger partial charge on any atom is -0.491 e. The van der Waals surface area contributed by atoms with Crippen molar-refractivity contribution in [3.8, 4) is 5.75 Å². The van der Waals surface area contributed by atoms with Gasteiger partial charge in [0.05, 0.1) is 13.2 Å². The second-order valence-electron chi connectivity index (χ2n) is 4.31. The van der Waals surface area contributed by atoms with Crippen LogP contribution in [0.25, 0.3) is 0 Å². The van der Waals surface area contributed by atoms with Gasteiger partial charge in [-0.2, -0.15) is 0 Å². The molecule has 0 saturated heterocycles. The van der Waals surface area contributed by atoms with Crippen molar-refractivity contribution in [2.75, 3.05) is 19.8 Å². The van der Waals surface area contributed by atoms with Gasteiger partial charge in [0, 0.05) is 6.04 Å². The summed E-state index contributed by atoms with van der Waals surface area (Å²) in [5, 5.41) is 0. The molecule has 3 heteroatoms. The molecule has 0 aromatic heterocycles. The van der Waals surface area contributed by atoms with Crippen LogP contribution in [0.5, 0.6) is 5.75 Å². The van der Waals surface area contributed by atoms with Gasteiger partial charge in [-0.3, -0.25) is 0 Å². The highest BCUT2D eigenvalue weighted by Crippen LogP contribution is 2.21. The summed E-state index contributed by atoms with van der Waals surface area (Å²) in [7, 11) is 0. The average molecular weight is 237 g/mol. The molecule has 1 unspecified atom stereocenters. The summed E-state index contributed by atoms with van der Waals surface area (Å²) in [4.78, 5) is 0. The van der Waals surface area contributed by atoms with E-state index < -0.39 is 0 Å². The molecule has 1 aromatic rings. The van der Waals surface area contributed by atoms with Crippen LogP contribution in [0.3, 0.4) is 0 Å². The Bertz CT molecular complexity index is 319. The van der Waals surface area contributed by atoms with Crippen LogP contribution in [0.2, 0.25) is 0 Å². The van der Waals surface area contributed by atoms with Crippen molar-refractivity contribution in [2.45, 2.75) is 33.2 Å². The predicted molar refractivity (Wildman–Crippen MR) is 70.5 cm³/mol. The van der Waals surface area contributed by atoms with Gasteiger partial charge in [-0.15, -0.1) is 0 Å². The van der Waals surface area contributed by atoms with E-state index in [9.17, 15) is 0 Å². The lowest BCUT2D eigenvalue weighted by Gasteiger charge is -2.13. The van der Waals surface area contributed by atoms with E-state index in [1.807, 2.05) is 6.07 Å². The van der Waals surface area contributed by atoms with E-state index in [-0.39, 0.29) is 6.04 Å². The molecular weight excluding hydrogens is 214 g/mol. The molecule has 1 rings (SSSR count). The van der Waals surface area contributed by atoms with Gasteiger partial charge in [-0.25, -0.2) is 0 Å². The van der Waals surface area contributed by atoms with E-state index >= 15 is 0 Å². The molecule has 2 N–H and O–H groups in total. The zero-order valence-electron chi connectivity index (χ0n) is 11.0. The maximum Gasteiger partial charge on any atom is 0.125 e. The normalized spacial score (nSPS) is 12.5. The molecule has 0 heterocycles. The zero-order valence-corrected chi connectivity index (χ0v) is 11.0. The van der Waals surface area contributed by atoms with Gasteiger partial charge < -0.3 is 15.2 Å². The Morgan fingerprint density at radius 3 is 2.41 bits per heavy atom. The summed E-state index contributed by atoms with van der Waals surface area (Å²) in [5.74, 6) is 0.968. The molecule has 0 bridgehead atoms. The highest BCUT2D eigenvalue weighted by molar-refractivity contribution is 5.39. The zero-order chi connectivity index (χ0) is 12.7. The summed E-state index contributed by atoms with van der Waals surface area (Å²) >= 11 is 0. The fraction of sp³-hybridized carbons (Fsp3) is 0.571. The summed E-state index contributed by atoms with van der Waals surface area (Å²) in [6.45, 7) is 7.92. The Balaban J connectivity index is 2.27. The fourth-order valence-electron chi connectivity index (χ4n) is 1.58. The molecule has 0 fully saturated rings. The topological polar surface area (TPSA) is 44.5 Å². The molecule has 0 spiro atoms. The van der Waals surface area contributed by atoms with Crippen LogP contribution in [0.1, 0.15) is 24.5 Å². The van der Waals surface area contributed by atoms with E-state index in [1.54, 1.807) is 0 Å². The van der Waals surface area contributed by atoms with Gasteiger partial charge in [0.15, 0.2) is 0 Å². The number of ether oxygens (including phenoxy) is 2. The van der Waals surface area contributed by atoms with Crippen molar-refractivity contribution < 1.29 is 9.47 Å². The molecule has 3 nitrogen and oxygen atoms in total. The Morgan fingerprint density at radius 1 is 1.18 bits per heavy atom. The Kier molecular flexibility index (Phi) is 6.01. The number of aryl methyl sites for hydroxylation is 2. The molecule has 96 valence electrons.